The molecule has 0 atom stereocenters. The molecule has 0 saturated carbocycles. The van der Waals surface area contributed by atoms with Gasteiger partial charge in [0.05, 0.1) is 5.56 Å². The maximum atomic E-state index is 11.7. The Morgan fingerprint density at radius 2 is 2.13 bits per heavy atom. The first-order valence-corrected chi connectivity index (χ1v) is 5.92. The number of ether oxygens (including phenoxy) is 1. The average molecular weight is 358 g/mol. The van der Waals surface area contributed by atoms with Crippen LogP contribution >= 0.6 is 45.8 Å². The molecule has 0 bridgehead atoms. The Morgan fingerprint density at radius 3 is 2.80 bits per heavy atom. The van der Waals surface area contributed by atoms with E-state index in [1.807, 2.05) is 13.0 Å². The number of rotatable bonds is 0. The molecule has 0 saturated heterocycles. The number of hydrogen-bond acceptors (Lipinski definition) is 2. The quantitative estimate of drug-likeness (QED) is 0.440. The summed E-state index contributed by atoms with van der Waals surface area (Å²) in [6.45, 7) is 1.91. The minimum absolute atomic E-state index is 0.328. The molecule has 1 aromatic carbocycles. The average Bonchev–Trinajstić information content (AvgIpc) is 1.97. The second-order valence-electron chi connectivity index (χ2n) is 3.19. The van der Waals surface area contributed by atoms with Gasteiger partial charge in [0.25, 0.3) is 5.91 Å². The van der Waals surface area contributed by atoms with Gasteiger partial charge in [0.15, 0.2) is 0 Å². The largest absolute Gasteiger partial charge is 0.441 e. The van der Waals surface area contributed by atoms with Crippen molar-refractivity contribution in [3.05, 3.63) is 26.8 Å². The molecule has 0 fully saturated rings. The number of benzene rings is 1. The smallest absolute Gasteiger partial charge is 0.343 e. The molecule has 0 radical (unpaired) electrons. The Bertz CT molecular complexity index is 448. The second kappa shape index (κ2) is 3.68. The van der Waals surface area contributed by atoms with Gasteiger partial charge >= 0.3 is 4.64 Å². The highest BCUT2D eigenvalue weighted by molar-refractivity contribution is 14.1. The van der Waals surface area contributed by atoms with Crippen LogP contribution in [0.2, 0.25) is 0 Å². The van der Waals surface area contributed by atoms with Crippen molar-refractivity contribution in [3.8, 4) is 5.75 Å². The molecular formula is C9H6Cl2INO2. The van der Waals surface area contributed by atoms with Gasteiger partial charge < -0.3 is 4.74 Å². The summed E-state index contributed by atoms with van der Waals surface area (Å²) in [6, 6.07) is 3.62. The van der Waals surface area contributed by atoms with Crippen LogP contribution in [-0.2, 0) is 0 Å². The van der Waals surface area contributed by atoms with E-state index in [1.165, 1.54) is 0 Å². The highest BCUT2D eigenvalue weighted by Crippen LogP contribution is 2.35. The predicted octanol–water partition coefficient (Wildman–Crippen LogP) is 2.81. The molecule has 0 unspecified atom stereocenters. The second-order valence-corrected chi connectivity index (χ2v) is 5.61. The third-order valence-corrected chi connectivity index (χ3v) is 3.12. The lowest BCUT2D eigenvalue weighted by atomic mass is 10.1. The summed E-state index contributed by atoms with van der Waals surface area (Å²) < 4.78 is 4.38. The van der Waals surface area contributed by atoms with E-state index in [4.69, 9.17) is 27.9 Å². The van der Waals surface area contributed by atoms with Crippen molar-refractivity contribution in [2.75, 3.05) is 0 Å². The molecule has 1 aromatic rings. The number of halogens is 3. The van der Waals surface area contributed by atoms with Crippen molar-refractivity contribution < 1.29 is 9.53 Å². The zero-order valence-corrected chi connectivity index (χ0v) is 11.3. The highest BCUT2D eigenvalue weighted by Gasteiger charge is 2.37. The maximum absolute atomic E-state index is 11.7. The fourth-order valence-corrected chi connectivity index (χ4v) is 2.71. The van der Waals surface area contributed by atoms with Crippen LogP contribution in [0.15, 0.2) is 12.1 Å². The minimum Gasteiger partial charge on any atom is -0.441 e. The van der Waals surface area contributed by atoms with E-state index in [1.54, 1.807) is 6.07 Å². The summed E-state index contributed by atoms with van der Waals surface area (Å²) in [5, 5.41) is 2.34. The third kappa shape index (κ3) is 2.16. The topological polar surface area (TPSA) is 38.3 Å². The number of nitrogens with one attached hydrogen (secondary N) is 1. The molecule has 3 nitrogen and oxygen atoms in total. The predicted molar refractivity (Wildman–Crippen MR) is 66.4 cm³/mol. The van der Waals surface area contributed by atoms with Crippen molar-refractivity contribution in [1.29, 1.82) is 0 Å². The van der Waals surface area contributed by atoms with E-state index in [0.29, 0.717) is 11.3 Å². The maximum Gasteiger partial charge on any atom is 0.343 e. The van der Waals surface area contributed by atoms with Crippen molar-refractivity contribution in [3.63, 3.8) is 0 Å². The van der Waals surface area contributed by atoms with Crippen LogP contribution in [0.1, 0.15) is 15.9 Å². The first kappa shape index (κ1) is 11.3. The van der Waals surface area contributed by atoms with Crippen molar-refractivity contribution in [2.45, 2.75) is 11.6 Å². The van der Waals surface area contributed by atoms with Crippen molar-refractivity contribution in [2.24, 2.45) is 0 Å². The standard InChI is InChI=1S/C9H6Cl2INO2/c1-4-2-5(12)7-6(3-4)15-9(10,11)13-8(7)14/h2-3H,1H3,(H,13,14). The number of fused-ring (bicyclic) bond motifs is 1. The zero-order chi connectivity index (χ0) is 11.2. The van der Waals surface area contributed by atoms with Gasteiger partial charge in [0.2, 0.25) is 0 Å². The zero-order valence-electron chi connectivity index (χ0n) is 7.61. The molecule has 1 heterocycles. The van der Waals surface area contributed by atoms with Crippen molar-refractivity contribution >= 4 is 51.7 Å². The van der Waals surface area contributed by atoms with Gasteiger partial charge in [0, 0.05) is 3.57 Å². The highest BCUT2D eigenvalue weighted by atomic mass is 127. The van der Waals surface area contributed by atoms with Gasteiger partial charge in [-0.3, -0.25) is 10.1 Å². The SMILES string of the molecule is Cc1cc(I)c2c(c1)OC(Cl)(Cl)NC2=O. The number of amides is 1. The van der Waals surface area contributed by atoms with Gasteiger partial charge in [-0.25, -0.2) is 0 Å². The van der Waals surface area contributed by atoms with Crippen LogP contribution in [0.4, 0.5) is 0 Å². The number of hydrogen-bond donors (Lipinski definition) is 1. The molecule has 1 aliphatic rings. The summed E-state index contributed by atoms with van der Waals surface area (Å²) in [5.41, 5.74) is 1.45. The van der Waals surface area contributed by atoms with Gasteiger partial charge in [-0.2, -0.15) is 0 Å². The first-order chi connectivity index (χ1) is 6.89. The Morgan fingerprint density at radius 1 is 1.47 bits per heavy atom. The van der Waals surface area contributed by atoms with Gasteiger partial charge in [-0.1, -0.05) is 0 Å². The number of alkyl halides is 2. The molecule has 1 N–H and O–H groups in total. The lowest BCUT2D eigenvalue weighted by molar-refractivity contribution is 0.0809. The number of carbonyl (C=O) groups excluding carboxylic acids is 1. The van der Waals surface area contributed by atoms with Crippen LogP contribution in [-0.4, -0.2) is 10.6 Å². The molecule has 1 aliphatic heterocycles. The summed E-state index contributed by atoms with van der Waals surface area (Å²) in [4.78, 5) is 11.7. The molecule has 6 heteroatoms. The van der Waals surface area contributed by atoms with Crippen LogP contribution in [0.5, 0.6) is 5.75 Å². The van der Waals surface area contributed by atoms with E-state index in [-0.39, 0.29) is 5.91 Å². The molecule has 2 rings (SSSR count). The Kier molecular flexibility index (Phi) is 2.77. The molecule has 0 aromatic heterocycles. The lowest BCUT2D eigenvalue weighted by Gasteiger charge is -2.29. The van der Waals surface area contributed by atoms with E-state index in [2.05, 4.69) is 27.9 Å². The summed E-state index contributed by atoms with van der Waals surface area (Å²) in [5.74, 6) is 0.0822. The minimum atomic E-state index is -1.68. The van der Waals surface area contributed by atoms with E-state index >= 15 is 0 Å². The van der Waals surface area contributed by atoms with Crippen LogP contribution < -0.4 is 10.1 Å². The molecule has 80 valence electrons. The molecule has 1 amide bonds. The third-order valence-electron chi connectivity index (χ3n) is 1.92. The summed E-state index contributed by atoms with van der Waals surface area (Å²) in [6.07, 6.45) is 0. The Hall–Kier alpha value is -0.200. The summed E-state index contributed by atoms with van der Waals surface area (Å²) >= 11 is 13.5. The Labute approximate surface area is 110 Å². The van der Waals surface area contributed by atoms with Gasteiger partial charge in [-0.15, -0.1) is 0 Å². The fourth-order valence-electron chi connectivity index (χ4n) is 1.37. The van der Waals surface area contributed by atoms with Crippen molar-refractivity contribution in [1.82, 2.24) is 5.32 Å². The fraction of sp³-hybridized carbons (Fsp3) is 0.222. The van der Waals surface area contributed by atoms with E-state index in [0.717, 1.165) is 9.13 Å². The Balaban J connectivity index is 2.60. The number of aryl methyl sites for hydroxylation is 1. The molecule has 0 aliphatic carbocycles. The van der Waals surface area contributed by atoms with E-state index in [9.17, 15) is 4.79 Å². The van der Waals surface area contributed by atoms with Crippen LogP contribution in [0.3, 0.4) is 0 Å². The number of carbonyl (C=O) groups is 1. The summed E-state index contributed by atoms with van der Waals surface area (Å²) in [7, 11) is 0. The first-order valence-electron chi connectivity index (χ1n) is 4.08. The van der Waals surface area contributed by atoms with Crippen LogP contribution in [0.25, 0.3) is 0 Å². The van der Waals surface area contributed by atoms with Gasteiger partial charge in [0.1, 0.15) is 5.75 Å². The van der Waals surface area contributed by atoms with Crippen LogP contribution in [0, 0.1) is 10.5 Å². The molecular weight excluding hydrogens is 352 g/mol. The van der Waals surface area contributed by atoms with E-state index < -0.39 is 4.64 Å². The molecule has 15 heavy (non-hydrogen) atoms. The van der Waals surface area contributed by atoms with Gasteiger partial charge in [-0.05, 0) is 70.4 Å². The monoisotopic (exact) mass is 357 g/mol. The normalized spacial score (nSPS) is 17.7. The molecule has 0 spiro atoms. The lowest BCUT2D eigenvalue weighted by Crippen LogP contribution is -2.48.